The Morgan fingerprint density at radius 2 is 1.41 bits per heavy atom. The summed E-state index contributed by atoms with van der Waals surface area (Å²) < 4.78 is 17.1. The third-order valence-corrected chi connectivity index (χ3v) is 5.07. The van der Waals surface area contributed by atoms with Crippen LogP contribution < -0.4 is 9.47 Å². The van der Waals surface area contributed by atoms with E-state index in [-0.39, 0.29) is 0 Å². The lowest BCUT2D eigenvalue weighted by atomic mass is 10.1. The number of unbranched alkanes of at least 4 members (excludes halogenated alkanes) is 6. The lowest BCUT2D eigenvalue weighted by molar-refractivity contribution is 0.123. The van der Waals surface area contributed by atoms with Crippen LogP contribution in [0.5, 0.6) is 11.5 Å². The van der Waals surface area contributed by atoms with Gasteiger partial charge in [-0.3, -0.25) is 0 Å². The fraction of sp³-hybridized carbons (Fsp3) is 0.556. The average Bonchev–Trinajstić information content (AvgIpc) is 2.83. The third kappa shape index (κ3) is 11.3. The molecule has 0 bridgehead atoms. The first kappa shape index (κ1) is 25.9. The number of allylic oxidation sites excluding steroid dienone is 1. The molecule has 0 amide bonds. The number of nitrogens with zero attached hydrogens (tertiary/aromatic N) is 2. The zero-order valence-electron chi connectivity index (χ0n) is 19.9. The highest BCUT2D eigenvalue weighted by Crippen LogP contribution is 2.20. The van der Waals surface area contributed by atoms with E-state index < -0.39 is 0 Å². The molecule has 0 atom stereocenters. The van der Waals surface area contributed by atoms with Crippen molar-refractivity contribution in [2.75, 3.05) is 26.4 Å². The van der Waals surface area contributed by atoms with Crippen LogP contribution in [0.25, 0.3) is 11.4 Å². The number of ether oxygens (including phenoxy) is 3. The molecule has 0 unspecified atom stereocenters. The van der Waals surface area contributed by atoms with Crippen molar-refractivity contribution in [2.24, 2.45) is 0 Å². The van der Waals surface area contributed by atoms with Gasteiger partial charge in [-0.2, -0.15) is 0 Å². The van der Waals surface area contributed by atoms with Crippen molar-refractivity contribution in [2.45, 2.75) is 71.6 Å². The Morgan fingerprint density at radius 1 is 0.688 bits per heavy atom. The first-order valence-corrected chi connectivity index (χ1v) is 12.2. The SMILES string of the molecule is CCCCCCC=CCOc1cnc(-c2ccc(OCCCCOCCCC)cc2)nc1. The Kier molecular flexibility index (Phi) is 13.9. The minimum absolute atomic E-state index is 0.549. The quantitative estimate of drug-likeness (QED) is 0.184. The van der Waals surface area contributed by atoms with E-state index in [1.165, 1.54) is 32.1 Å². The second-order valence-electron chi connectivity index (χ2n) is 7.92. The molecule has 0 aliphatic carbocycles. The maximum atomic E-state index is 5.81. The highest BCUT2D eigenvalue weighted by atomic mass is 16.5. The van der Waals surface area contributed by atoms with Crippen molar-refractivity contribution < 1.29 is 14.2 Å². The summed E-state index contributed by atoms with van der Waals surface area (Å²) in [5, 5.41) is 0. The molecule has 176 valence electrons. The van der Waals surface area contributed by atoms with Gasteiger partial charge in [0.1, 0.15) is 12.4 Å². The predicted octanol–water partition coefficient (Wildman–Crippen LogP) is 7.02. The minimum Gasteiger partial charge on any atom is -0.494 e. The van der Waals surface area contributed by atoms with Crippen LogP contribution in [0.2, 0.25) is 0 Å². The summed E-state index contributed by atoms with van der Waals surface area (Å²) in [6.45, 7) is 7.34. The van der Waals surface area contributed by atoms with Crippen LogP contribution in [-0.2, 0) is 4.74 Å². The van der Waals surface area contributed by atoms with Crippen LogP contribution in [0.4, 0.5) is 0 Å². The van der Waals surface area contributed by atoms with E-state index in [9.17, 15) is 0 Å². The van der Waals surface area contributed by atoms with Gasteiger partial charge in [0.2, 0.25) is 0 Å². The first-order valence-electron chi connectivity index (χ1n) is 12.2. The zero-order chi connectivity index (χ0) is 22.7. The van der Waals surface area contributed by atoms with Crippen LogP contribution in [-0.4, -0.2) is 36.4 Å². The largest absolute Gasteiger partial charge is 0.494 e. The van der Waals surface area contributed by atoms with E-state index in [0.717, 1.165) is 50.2 Å². The second kappa shape index (κ2) is 17.2. The monoisotopic (exact) mass is 440 g/mol. The number of rotatable bonds is 18. The minimum atomic E-state index is 0.549. The fourth-order valence-corrected chi connectivity index (χ4v) is 3.10. The standard InChI is InChI=1S/C27H40N2O3/c1-3-5-7-8-9-10-11-20-32-26-22-28-27(29-23-26)24-14-16-25(17-15-24)31-21-13-12-19-30-18-6-4-2/h10-11,14-17,22-23H,3-9,12-13,18-21H2,1-2H3. The molecular formula is C27H40N2O3. The normalized spacial score (nSPS) is 11.2. The molecule has 2 aromatic rings. The Hall–Kier alpha value is -2.40. The van der Waals surface area contributed by atoms with Crippen molar-refractivity contribution in [1.29, 1.82) is 0 Å². The van der Waals surface area contributed by atoms with E-state index in [1.54, 1.807) is 12.4 Å². The number of benzene rings is 1. The number of hydrogen-bond donors (Lipinski definition) is 0. The molecule has 0 aliphatic heterocycles. The molecule has 0 saturated carbocycles. The molecule has 32 heavy (non-hydrogen) atoms. The Balaban J connectivity index is 1.64. The molecule has 2 rings (SSSR count). The summed E-state index contributed by atoms with van der Waals surface area (Å²) in [7, 11) is 0. The predicted molar refractivity (Wildman–Crippen MR) is 131 cm³/mol. The van der Waals surface area contributed by atoms with E-state index >= 15 is 0 Å². The van der Waals surface area contributed by atoms with E-state index in [2.05, 4.69) is 36.0 Å². The summed E-state index contributed by atoms with van der Waals surface area (Å²) in [4.78, 5) is 8.86. The van der Waals surface area contributed by atoms with Gasteiger partial charge in [-0.25, -0.2) is 9.97 Å². The lowest BCUT2D eigenvalue weighted by Gasteiger charge is -2.08. The second-order valence-corrected chi connectivity index (χ2v) is 7.92. The molecule has 5 nitrogen and oxygen atoms in total. The van der Waals surface area contributed by atoms with Crippen LogP contribution in [0, 0.1) is 0 Å². The van der Waals surface area contributed by atoms with Gasteiger partial charge in [0, 0.05) is 18.8 Å². The van der Waals surface area contributed by atoms with Crippen molar-refractivity contribution in [3.8, 4) is 22.9 Å². The molecule has 0 N–H and O–H groups in total. The van der Waals surface area contributed by atoms with Crippen LogP contribution in [0.15, 0.2) is 48.8 Å². The molecule has 0 fully saturated rings. The van der Waals surface area contributed by atoms with Crippen molar-refractivity contribution in [3.05, 3.63) is 48.8 Å². The molecule has 0 saturated heterocycles. The Labute approximate surface area is 194 Å². The Morgan fingerprint density at radius 3 is 2.16 bits per heavy atom. The number of hydrogen-bond acceptors (Lipinski definition) is 5. The molecular weight excluding hydrogens is 400 g/mol. The lowest BCUT2D eigenvalue weighted by Crippen LogP contribution is -2.01. The highest BCUT2D eigenvalue weighted by Gasteiger charge is 2.03. The van der Waals surface area contributed by atoms with Gasteiger partial charge in [0.05, 0.1) is 19.0 Å². The van der Waals surface area contributed by atoms with Gasteiger partial charge in [-0.05, 0) is 56.4 Å². The molecule has 1 aromatic carbocycles. The van der Waals surface area contributed by atoms with Gasteiger partial charge < -0.3 is 14.2 Å². The summed E-state index contributed by atoms with van der Waals surface area (Å²) in [6.07, 6.45) is 18.3. The summed E-state index contributed by atoms with van der Waals surface area (Å²) >= 11 is 0. The molecule has 0 radical (unpaired) electrons. The maximum absolute atomic E-state index is 5.81. The maximum Gasteiger partial charge on any atom is 0.159 e. The van der Waals surface area contributed by atoms with E-state index in [0.29, 0.717) is 24.8 Å². The summed E-state index contributed by atoms with van der Waals surface area (Å²) in [6, 6.07) is 7.90. The highest BCUT2D eigenvalue weighted by molar-refractivity contribution is 5.56. The molecule has 0 spiro atoms. The van der Waals surface area contributed by atoms with Gasteiger partial charge in [0.15, 0.2) is 11.6 Å². The van der Waals surface area contributed by atoms with Gasteiger partial charge in [-0.15, -0.1) is 0 Å². The van der Waals surface area contributed by atoms with Crippen LogP contribution in [0.3, 0.4) is 0 Å². The molecule has 5 heteroatoms. The average molecular weight is 441 g/mol. The van der Waals surface area contributed by atoms with Crippen LogP contribution in [0.1, 0.15) is 71.6 Å². The fourth-order valence-electron chi connectivity index (χ4n) is 3.10. The van der Waals surface area contributed by atoms with E-state index in [1.807, 2.05) is 24.3 Å². The van der Waals surface area contributed by atoms with E-state index in [4.69, 9.17) is 14.2 Å². The van der Waals surface area contributed by atoms with Crippen molar-refractivity contribution in [1.82, 2.24) is 9.97 Å². The zero-order valence-corrected chi connectivity index (χ0v) is 19.9. The number of aromatic nitrogens is 2. The summed E-state index contributed by atoms with van der Waals surface area (Å²) in [5.74, 6) is 2.23. The van der Waals surface area contributed by atoms with Gasteiger partial charge in [-0.1, -0.05) is 51.7 Å². The van der Waals surface area contributed by atoms with Gasteiger partial charge >= 0.3 is 0 Å². The Bertz CT molecular complexity index is 730. The molecule has 1 heterocycles. The van der Waals surface area contributed by atoms with Crippen LogP contribution >= 0.6 is 0 Å². The van der Waals surface area contributed by atoms with Crippen molar-refractivity contribution >= 4 is 0 Å². The molecule has 0 aliphatic rings. The van der Waals surface area contributed by atoms with Crippen molar-refractivity contribution in [3.63, 3.8) is 0 Å². The van der Waals surface area contributed by atoms with Gasteiger partial charge in [0.25, 0.3) is 0 Å². The third-order valence-electron chi connectivity index (χ3n) is 5.07. The molecule has 1 aromatic heterocycles. The first-order chi connectivity index (χ1) is 15.8. The topological polar surface area (TPSA) is 53.5 Å². The summed E-state index contributed by atoms with van der Waals surface area (Å²) in [5.41, 5.74) is 0.959. The smallest absolute Gasteiger partial charge is 0.159 e.